The first-order valence-electron chi connectivity index (χ1n) is 6.96. The maximum atomic E-state index is 14.2. The zero-order valence-electron chi connectivity index (χ0n) is 11.9. The Morgan fingerprint density at radius 1 is 1.60 bits per heavy atom. The van der Waals surface area contributed by atoms with Gasteiger partial charge in [-0.2, -0.15) is 0 Å². The third kappa shape index (κ3) is 3.07. The molecule has 1 N–H and O–H groups in total. The van der Waals surface area contributed by atoms with E-state index in [1.165, 1.54) is 12.3 Å². The summed E-state index contributed by atoms with van der Waals surface area (Å²) in [4.78, 5) is 18.0. The average Bonchev–Trinajstić information content (AvgIpc) is 2.49. The molecule has 2 rings (SSSR count). The van der Waals surface area contributed by atoms with E-state index in [0.29, 0.717) is 26.2 Å². The van der Waals surface area contributed by atoms with Crippen LogP contribution in [0, 0.1) is 5.82 Å². The summed E-state index contributed by atoms with van der Waals surface area (Å²) in [7, 11) is 0. The third-order valence-electron chi connectivity index (χ3n) is 3.35. The highest BCUT2D eigenvalue weighted by Gasteiger charge is 2.26. The lowest BCUT2D eigenvalue weighted by Crippen LogP contribution is -2.45. The number of pyridine rings is 1. The molecule has 1 unspecified atom stereocenters. The molecule has 0 aromatic carbocycles. The number of hydrogen-bond acceptors (Lipinski definition) is 4. The summed E-state index contributed by atoms with van der Waals surface area (Å²) in [6.45, 7) is 5.91. The molecular weight excluding hydrogens is 261 g/mol. The Morgan fingerprint density at radius 2 is 2.40 bits per heavy atom. The van der Waals surface area contributed by atoms with Crippen LogP contribution < -0.4 is 5.32 Å². The second-order valence-corrected chi connectivity index (χ2v) is 4.70. The van der Waals surface area contributed by atoms with Crippen molar-refractivity contribution in [1.82, 2.24) is 9.88 Å². The molecule has 20 heavy (non-hydrogen) atoms. The van der Waals surface area contributed by atoms with Crippen molar-refractivity contribution in [2.45, 2.75) is 26.4 Å². The summed E-state index contributed by atoms with van der Waals surface area (Å²) in [5.41, 5.74) is 0.0627. The number of carbonyl (C=O) groups is 1. The van der Waals surface area contributed by atoms with Gasteiger partial charge in [0.2, 0.25) is 0 Å². The van der Waals surface area contributed by atoms with E-state index in [-0.39, 0.29) is 23.4 Å². The summed E-state index contributed by atoms with van der Waals surface area (Å²) < 4.78 is 19.8. The van der Waals surface area contributed by atoms with E-state index in [0.717, 1.165) is 6.42 Å². The molecule has 0 radical (unpaired) electrons. The summed E-state index contributed by atoms with van der Waals surface area (Å²) in [5.74, 6) is -0.761. The molecule has 1 saturated heterocycles. The van der Waals surface area contributed by atoms with Gasteiger partial charge in [-0.1, -0.05) is 6.92 Å². The normalized spacial score (nSPS) is 18.9. The highest BCUT2D eigenvalue weighted by Crippen LogP contribution is 2.18. The summed E-state index contributed by atoms with van der Waals surface area (Å²) in [6, 6.07) is 1.43. The molecule has 1 amide bonds. The first kappa shape index (κ1) is 14.7. The van der Waals surface area contributed by atoms with Gasteiger partial charge in [0.25, 0.3) is 5.91 Å². The first-order valence-corrected chi connectivity index (χ1v) is 6.96. The zero-order valence-corrected chi connectivity index (χ0v) is 11.9. The van der Waals surface area contributed by atoms with Crippen molar-refractivity contribution in [3.63, 3.8) is 0 Å². The first-order chi connectivity index (χ1) is 9.67. The molecule has 6 heteroatoms. The van der Waals surface area contributed by atoms with Gasteiger partial charge in [0.05, 0.1) is 18.3 Å². The summed E-state index contributed by atoms with van der Waals surface area (Å²) in [5, 5.41) is 2.81. The summed E-state index contributed by atoms with van der Waals surface area (Å²) in [6.07, 6.45) is 2.32. The van der Waals surface area contributed by atoms with E-state index < -0.39 is 5.82 Å². The number of rotatable bonds is 4. The second-order valence-electron chi connectivity index (χ2n) is 4.70. The number of hydrogen-bond donors (Lipinski definition) is 1. The van der Waals surface area contributed by atoms with Gasteiger partial charge in [0, 0.05) is 25.8 Å². The van der Waals surface area contributed by atoms with Crippen LogP contribution in [0.4, 0.5) is 10.2 Å². The van der Waals surface area contributed by atoms with Gasteiger partial charge in [0.15, 0.2) is 11.6 Å². The molecular formula is C14H20FN3O2. The number of amides is 1. The van der Waals surface area contributed by atoms with E-state index in [9.17, 15) is 9.18 Å². The molecule has 110 valence electrons. The number of halogens is 1. The summed E-state index contributed by atoms with van der Waals surface area (Å²) >= 11 is 0. The van der Waals surface area contributed by atoms with Gasteiger partial charge in [-0.15, -0.1) is 0 Å². The fourth-order valence-electron chi connectivity index (χ4n) is 2.22. The van der Waals surface area contributed by atoms with Gasteiger partial charge >= 0.3 is 0 Å². The fourth-order valence-corrected chi connectivity index (χ4v) is 2.22. The van der Waals surface area contributed by atoms with Crippen LogP contribution in [0.3, 0.4) is 0 Å². The van der Waals surface area contributed by atoms with Crippen LogP contribution >= 0.6 is 0 Å². The molecule has 1 aromatic heterocycles. The molecule has 1 aromatic rings. The predicted molar refractivity (Wildman–Crippen MR) is 74.3 cm³/mol. The molecule has 1 aliphatic heterocycles. The Balaban J connectivity index is 2.18. The molecule has 0 bridgehead atoms. The van der Waals surface area contributed by atoms with Crippen LogP contribution in [-0.2, 0) is 4.74 Å². The Labute approximate surface area is 118 Å². The Bertz CT molecular complexity index is 481. The number of nitrogens with zero attached hydrogens (tertiary/aromatic N) is 2. The van der Waals surface area contributed by atoms with Crippen molar-refractivity contribution in [3.05, 3.63) is 23.6 Å². The minimum absolute atomic E-state index is 0.0332. The van der Waals surface area contributed by atoms with Gasteiger partial charge in [-0.05, 0) is 19.4 Å². The van der Waals surface area contributed by atoms with E-state index in [4.69, 9.17) is 4.74 Å². The van der Waals surface area contributed by atoms with Crippen molar-refractivity contribution in [2.24, 2.45) is 0 Å². The second kappa shape index (κ2) is 6.65. The minimum Gasteiger partial charge on any atom is -0.375 e. The molecule has 0 aliphatic carbocycles. The van der Waals surface area contributed by atoms with Gasteiger partial charge in [0.1, 0.15) is 0 Å². The van der Waals surface area contributed by atoms with Crippen molar-refractivity contribution in [3.8, 4) is 0 Å². The van der Waals surface area contributed by atoms with Crippen molar-refractivity contribution in [2.75, 3.05) is 31.6 Å². The maximum absolute atomic E-state index is 14.2. The molecule has 1 atom stereocenters. The number of aromatic nitrogens is 1. The van der Waals surface area contributed by atoms with Crippen molar-refractivity contribution >= 4 is 11.7 Å². The third-order valence-corrected chi connectivity index (χ3v) is 3.35. The number of ether oxygens (including phenoxy) is 1. The fraction of sp³-hybridized carbons (Fsp3) is 0.571. The highest BCUT2D eigenvalue weighted by atomic mass is 19.1. The molecule has 0 spiro atoms. The van der Waals surface area contributed by atoms with Crippen LogP contribution in [0.2, 0.25) is 0 Å². The van der Waals surface area contributed by atoms with Crippen LogP contribution in [-0.4, -0.2) is 48.1 Å². The van der Waals surface area contributed by atoms with E-state index in [2.05, 4.69) is 10.3 Å². The van der Waals surface area contributed by atoms with Crippen molar-refractivity contribution < 1.29 is 13.9 Å². The average molecular weight is 281 g/mol. The number of anilines is 1. The molecule has 1 aliphatic rings. The lowest BCUT2D eigenvalue weighted by Gasteiger charge is -2.32. The van der Waals surface area contributed by atoms with Crippen LogP contribution in [0.25, 0.3) is 0 Å². The zero-order chi connectivity index (χ0) is 14.5. The van der Waals surface area contributed by atoms with Gasteiger partial charge in [-0.3, -0.25) is 4.79 Å². The van der Waals surface area contributed by atoms with Gasteiger partial charge in [-0.25, -0.2) is 9.37 Å². The van der Waals surface area contributed by atoms with E-state index in [1.807, 2.05) is 13.8 Å². The molecule has 0 saturated carbocycles. The SMILES string of the molecule is CCNc1nccc(C(=O)N2CCOC(CC)C2)c1F. The van der Waals surface area contributed by atoms with E-state index >= 15 is 0 Å². The quantitative estimate of drug-likeness (QED) is 0.916. The maximum Gasteiger partial charge on any atom is 0.257 e. The molecule has 2 heterocycles. The minimum atomic E-state index is -0.584. The number of carbonyl (C=O) groups excluding carboxylic acids is 1. The Kier molecular flexibility index (Phi) is 4.89. The van der Waals surface area contributed by atoms with Crippen LogP contribution in [0.1, 0.15) is 30.6 Å². The monoisotopic (exact) mass is 281 g/mol. The standard InChI is InChI=1S/C14H20FN3O2/c1-3-10-9-18(7-8-20-10)14(19)11-5-6-17-13(12(11)15)16-4-2/h5-6,10H,3-4,7-9H2,1-2H3,(H,16,17). The topological polar surface area (TPSA) is 54.5 Å². The largest absolute Gasteiger partial charge is 0.375 e. The Morgan fingerprint density at radius 3 is 3.10 bits per heavy atom. The lowest BCUT2D eigenvalue weighted by molar-refractivity contribution is -0.0227. The number of morpholine rings is 1. The van der Waals surface area contributed by atoms with Crippen LogP contribution in [0.5, 0.6) is 0 Å². The highest BCUT2D eigenvalue weighted by molar-refractivity contribution is 5.95. The predicted octanol–water partition coefficient (Wildman–Crippen LogP) is 1.90. The number of nitrogens with one attached hydrogen (secondary N) is 1. The molecule has 5 nitrogen and oxygen atoms in total. The van der Waals surface area contributed by atoms with Crippen LogP contribution in [0.15, 0.2) is 12.3 Å². The Hall–Kier alpha value is -1.69. The van der Waals surface area contributed by atoms with E-state index in [1.54, 1.807) is 4.90 Å². The van der Waals surface area contributed by atoms with Gasteiger partial charge < -0.3 is 15.0 Å². The molecule has 1 fully saturated rings. The lowest BCUT2D eigenvalue weighted by atomic mass is 10.1. The smallest absolute Gasteiger partial charge is 0.257 e. The van der Waals surface area contributed by atoms with Crippen molar-refractivity contribution in [1.29, 1.82) is 0 Å².